The van der Waals surface area contributed by atoms with Gasteiger partial charge in [0.05, 0.1) is 17.4 Å². The van der Waals surface area contributed by atoms with Crippen molar-refractivity contribution in [3.63, 3.8) is 0 Å². The number of carbonyl (C=O) groups excluding carboxylic acids is 2. The van der Waals surface area contributed by atoms with Gasteiger partial charge in [-0.3, -0.25) is 9.59 Å². The molecule has 128 valence electrons. The number of aryl methyl sites for hydroxylation is 1. The number of benzene rings is 2. The van der Waals surface area contributed by atoms with Gasteiger partial charge in [0.1, 0.15) is 0 Å². The molecule has 2 N–H and O–H groups in total. The zero-order valence-corrected chi connectivity index (χ0v) is 13.8. The van der Waals surface area contributed by atoms with E-state index in [0.29, 0.717) is 31.6 Å². The van der Waals surface area contributed by atoms with Crippen LogP contribution in [0.15, 0.2) is 60.9 Å². The van der Waals surface area contributed by atoms with Crippen LogP contribution in [0.3, 0.4) is 0 Å². The molecule has 0 aliphatic carbocycles. The lowest BCUT2D eigenvalue weighted by atomic mass is 10.2. The van der Waals surface area contributed by atoms with E-state index >= 15 is 0 Å². The second kappa shape index (κ2) is 8.10. The highest BCUT2D eigenvalue weighted by molar-refractivity contribution is 5.94. The number of nitrogens with zero attached hydrogens (tertiary/aromatic N) is 2. The predicted molar refractivity (Wildman–Crippen MR) is 96.1 cm³/mol. The maximum Gasteiger partial charge on any atom is 0.251 e. The van der Waals surface area contributed by atoms with E-state index in [-0.39, 0.29) is 11.8 Å². The quantitative estimate of drug-likeness (QED) is 0.648. The van der Waals surface area contributed by atoms with Crippen LogP contribution in [0.5, 0.6) is 0 Å². The first-order valence-electron chi connectivity index (χ1n) is 8.24. The molecule has 3 rings (SSSR count). The van der Waals surface area contributed by atoms with Crippen LogP contribution in [-0.4, -0.2) is 34.5 Å². The molecule has 0 bridgehead atoms. The van der Waals surface area contributed by atoms with Gasteiger partial charge in [-0.15, -0.1) is 0 Å². The highest BCUT2D eigenvalue weighted by Gasteiger charge is 2.06. The normalized spacial score (nSPS) is 10.6. The van der Waals surface area contributed by atoms with Gasteiger partial charge in [0.15, 0.2) is 0 Å². The second-order valence-electron chi connectivity index (χ2n) is 5.65. The Balaban J connectivity index is 1.38. The number of hydrogen-bond acceptors (Lipinski definition) is 3. The lowest BCUT2D eigenvalue weighted by Gasteiger charge is -2.08. The number of nitrogens with one attached hydrogen (secondary N) is 2. The fraction of sp³-hybridized carbons (Fsp3) is 0.211. The number of rotatable bonds is 7. The lowest BCUT2D eigenvalue weighted by molar-refractivity contribution is -0.121. The minimum absolute atomic E-state index is 0.0493. The molecule has 0 fully saturated rings. The number of aromatic nitrogens is 2. The molecule has 6 heteroatoms. The first-order valence-corrected chi connectivity index (χ1v) is 8.24. The molecule has 0 saturated carbocycles. The van der Waals surface area contributed by atoms with Gasteiger partial charge in [0, 0.05) is 31.6 Å². The standard InChI is InChI=1S/C19H20N4O2/c24-18(10-13-23-14-22-16-8-4-5-9-17(16)23)20-11-12-21-19(25)15-6-2-1-3-7-15/h1-9,14H,10-13H2,(H,20,24)(H,21,25). The van der Waals surface area contributed by atoms with Crippen LogP contribution in [0, 0.1) is 0 Å². The molecule has 0 atom stereocenters. The molecule has 0 saturated heterocycles. The number of carbonyl (C=O) groups is 2. The number of imidazole rings is 1. The smallest absolute Gasteiger partial charge is 0.251 e. The summed E-state index contributed by atoms with van der Waals surface area (Å²) in [7, 11) is 0. The second-order valence-corrected chi connectivity index (χ2v) is 5.65. The fourth-order valence-electron chi connectivity index (χ4n) is 2.57. The van der Waals surface area contributed by atoms with Gasteiger partial charge in [-0.05, 0) is 24.3 Å². The number of para-hydroxylation sites is 2. The average Bonchev–Trinajstić information content (AvgIpc) is 3.07. The molecule has 25 heavy (non-hydrogen) atoms. The van der Waals surface area contributed by atoms with Crippen LogP contribution in [0.4, 0.5) is 0 Å². The van der Waals surface area contributed by atoms with E-state index in [9.17, 15) is 9.59 Å². The fourth-order valence-corrected chi connectivity index (χ4v) is 2.57. The molecule has 2 aromatic carbocycles. The summed E-state index contributed by atoms with van der Waals surface area (Å²) in [4.78, 5) is 28.1. The van der Waals surface area contributed by atoms with Crippen molar-refractivity contribution in [1.29, 1.82) is 0 Å². The first-order chi connectivity index (χ1) is 12.2. The molecular weight excluding hydrogens is 316 g/mol. The maximum atomic E-state index is 11.9. The summed E-state index contributed by atoms with van der Waals surface area (Å²) < 4.78 is 1.96. The third-order valence-corrected chi connectivity index (χ3v) is 3.88. The SMILES string of the molecule is O=C(CCn1cnc2ccccc21)NCCNC(=O)c1ccccc1. The van der Waals surface area contributed by atoms with E-state index in [1.165, 1.54) is 0 Å². The van der Waals surface area contributed by atoms with E-state index in [2.05, 4.69) is 15.6 Å². The topological polar surface area (TPSA) is 76.0 Å². The maximum absolute atomic E-state index is 11.9. The van der Waals surface area contributed by atoms with Crippen LogP contribution in [0.1, 0.15) is 16.8 Å². The zero-order valence-electron chi connectivity index (χ0n) is 13.8. The molecule has 1 heterocycles. The van der Waals surface area contributed by atoms with Crippen molar-refractivity contribution in [1.82, 2.24) is 20.2 Å². The van der Waals surface area contributed by atoms with Gasteiger partial charge in [-0.1, -0.05) is 30.3 Å². The van der Waals surface area contributed by atoms with Crippen molar-refractivity contribution in [2.24, 2.45) is 0 Å². The minimum atomic E-state index is -0.139. The summed E-state index contributed by atoms with van der Waals surface area (Å²) in [5.41, 5.74) is 2.55. The van der Waals surface area contributed by atoms with Gasteiger partial charge in [0.25, 0.3) is 5.91 Å². The molecular formula is C19H20N4O2. The minimum Gasteiger partial charge on any atom is -0.354 e. The zero-order chi connectivity index (χ0) is 17.5. The highest BCUT2D eigenvalue weighted by atomic mass is 16.2. The van der Waals surface area contributed by atoms with Crippen LogP contribution >= 0.6 is 0 Å². The van der Waals surface area contributed by atoms with E-state index in [4.69, 9.17) is 0 Å². The van der Waals surface area contributed by atoms with E-state index < -0.39 is 0 Å². The monoisotopic (exact) mass is 336 g/mol. The van der Waals surface area contributed by atoms with Gasteiger partial charge in [-0.2, -0.15) is 0 Å². The molecule has 0 aliphatic heterocycles. The molecule has 2 amide bonds. The van der Waals surface area contributed by atoms with E-state index in [1.54, 1.807) is 18.5 Å². The Morgan fingerprint density at radius 1 is 0.920 bits per heavy atom. The van der Waals surface area contributed by atoms with Crippen molar-refractivity contribution < 1.29 is 9.59 Å². The Kier molecular flexibility index (Phi) is 5.41. The Hall–Kier alpha value is -3.15. The third kappa shape index (κ3) is 4.44. The highest BCUT2D eigenvalue weighted by Crippen LogP contribution is 2.11. The van der Waals surface area contributed by atoms with Gasteiger partial charge in [-0.25, -0.2) is 4.98 Å². The molecule has 3 aromatic rings. The molecule has 1 aromatic heterocycles. The summed E-state index contributed by atoms with van der Waals surface area (Å²) in [6, 6.07) is 16.8. The summed E-state index contributed by atoms with van der Waals surface area (Å²) in [5.74, 6) is -0.188. The van der Waals surface area contributed by atoms with Crippen molar-refractivity contribution >= 4 is 22.8 Å². The van der Waals surface area contributed by atoms with Crippen molar-refractivity contribution in [2.75, 3.05) is 13.1 Å². The summed E-state index contributed by atoms with van der Waals surface area (Å²) >= 11 is 0. The molecule has 0 radical (unpaired) electrons. The van der Waals surface area contributed by atoms with Crippen LogP contribution in [0.25, 0.3) is 11.0 Å². The first kappa shape index (κ1) is 16.7. The van der Waals surface area contributed by atoms with Crippen LogP contribution < -0.4 is 10.6 Å². The molecule has 0 unspecified atom stereocenters. The van der Waals surface area contributed by atoms with Gasteiger partial charge < -0.3 is 15.2 Å². The van der Waals surface area contributed by atoms with Crippen LogP contribution in [-0.2, 0) is 11.3 Å². The lowest BCUT2D eigenvalue weighted by Crippen LogP contribution is -2.34. The number of fused-ring (bicyclic) bond motifs is 1. The van der Waals surface area contributed by atoms with Crippen molar-refractivity contribution in [3.05, 3.63) is 66.5 Å². The largest absolute Gasteiger partial charge is 0.354 e. The molecule has 6 nitrogen and oxygen atoms in total. The van der Waals surface area contributed by atoms with E-state index in [0.717, 1.165) is 11.0 Å². The number of amides is 2. The van der Waals surface area contributed by atoms with Gasteiger partial charge in [0.2, 0.25) is 5.91 Å². The summed E-state index contributed by atoms with van der Waals surface area (Å²) in [5, 5.41) is 5.59. The molecule has 0 spiro atoms. The summed E-state index contributed by atoms with van der Waals surface area (Å²) in [6.07, 6.45) is 2.12. The van der Waals surface area contributed by atoms with Gasteiger partial charge >= 0.3 is 0 Å². The van der Waals surface area contributed by atoms with Crippen molar-refractivity contribution in [3.8, 4) is 0 Å². The van der Waals surface area contributed by atoms with E-state index in [1.807, 2.05) is 47.0 Å². The predicted octanol–water partition coefficient (Wildman–Crippen LogP) is 1.97. The third-order valence-electron chi connectivity index (χ3n) is 3.88. The van der Waals surface area contributed by atoms with Crippen molar-refractivity contribution in [2.45, 2.75) is 13.0 Å². The average molecular weight is 336 g/mol. The Labute approximate surface area is 145 Å². The Morgan fingerprint density at radius 2 is 1.64 bits per heavy atom. The Morgan fingerprint density at radius 3 is 2.48 bits per heavy atom. The number of hydrogen-bond donors (Lipinski definition) is 2. The van der Waals surface area contributed by atoms with Crippen LogP contribution in [0.2, 0.25) is 0 Å². The Bertz CT molecular complexity index is 858. The summed E-state index contributed by atoms with van der Waals surface area (Å²) in [6.45, 7) is 1.37. The molecule has 0 aliphatic rings.